The van der Waals surface area contributed by atoms with E-state index in [1.165, 1.54) is 14.0 Å². The minimum absolute atomic E-state index is 0.122. The molecule has 3 heterocycles. The number of fused-ring (bicyclic) bond motifs is 1. The molecule has 3 saturated heterocycles. The van der Waals surface area contributed by atoms with Crippen LogP contribution in [0, 0.1) is 0 Å². The second kappa shape index (κ2) is 22.0. The van der Waals surface area contributed by atoms with Crippen molar-refractivity contribution < 1.29 is 56.9 Å². The maximum atomic E-state index is 12.9. The Hall–Kier alpha value is -4.83. The molecule has 0 bridgehead atoms. The highest BCUT2D eigenvalue weighted by Gasteiger charge is 2.56. The Morgan fingerprint density at radius 1 is 0.548 bits per heavy atom. The smallest absolute Gasteiger partial charge is 0.303 e. The van der Waals surface area contributed by atoms with Crippen LogP contribution in [0.1, 0.15) is 41.0 Å². The third-order valence-corrected chi connectivity index (χ3v) is 11.0. The Bertz CT molecular complexity index is 2060. The number of carbonyl (C=O) groups is 1. The van der Waals surface area contributed by atoms with Gasteiger partial charge in [0.05, 0.1) is 39.6 Å². The summed E-state index contributed by atoms with van der Waals surface area (Å²) in [5.74, 6) is -0.530. The summed E-state index contributed by atoms with van der Waals surface area (Å²) in [5, 5.41) is 0. The van der Waals surface area contributed by atoms with Gasteiger partial charge in [0.15, 0.2) is 31.1 Å². The molecular weight excluding hydrogens is 793 g/mol. The lowest BCUT2D eigenvalue weighted by Crippen LogP contribution is -2.67. The van der Waals surface area contributed by atoms with Gasteiger partial charge in [-0.05, 0) is 22.3 Å². The van der Waals surface area contributed by atoms with Crippen LogP contribution in [-0.2, 0) is 83.3 Å². The lowest BCUT2D eigenvalue weighted by Gasteiger charge is -2.51. The van der Waals surface area contributed by atoms with E-state index < -0.39 is 73.7 Å². The Labute approximate surface area is 362 Å². The highest BCUT2D eigenvalue weighted by atomic mass is 16.8. The minimum atomic E-state index is -1.15. The molecular formula is C50H54O12. The second-order valence-electron chi connectivity index (χ2n) is 15.5. The molecule has 0 amide bonds. The maximum Gasteiger partial charge on any atom is 0.303 e. The van der Waals surface area contributed by atoms with Crippen molar-refractivity contribution in [2.45, 2.75) is 101 Å². The van der Waals surface area contributed by atoms with E-state index in [1.54, 1.807) is 0 Å². The molecule has 0 N–H and O–H groups in total. The molecule has 5 aromatic rings. The van der Waals surface area contributed by atoms with Crippen LogP contribution in [-0.4, -0.2) is 87.7 Å². The summed E-state index contributed by atoms with van der Waals surface area (Å²) in [7, 11) is 1.51. The van der Waals surface area contributed by atoms with E-state index in [2.05, 4.69) is 0 Å². The Morgan fingerprint density at radius 2 is 1.05 bits per heavy atom. The summed E-state index contributed by atoms with van der Waals surface area (Å²) < 4.78 is 72.2. The highest BCUT2D eigenvalue weighted by molar-refractivity contribution is 5.66. The first-order chi connectivity index (χ1) is 30.5. The summed E-state index contributed by atoms with van der Waals surface area (Å²) in [6, 6.07) is 49.2. The average Bonchev–Trinajstić information content (AvgIpc) is 3.32. The van der Waals surface area contributed by atoms with E-state index in [1.807, 2.05) is 152 Å². The molecule has 0 aromatic heterocycles. The van der Waals surface area contributed by atoms with Crippen molar-refractivity contribution in [3.63, 3.8) is 0 Å². The monoisotopic (exact) mass is 846 g/mol. The van der Waals surface area contributed by atoms with Gasteiger partial charge in [-0.2, -0.15) is 0 Å². The minimum Gasteiger partial charge on any atom is -0.457 e. The number of benzene rings is 5. The fraction of sp³-hybridized carbons (Fsp3) is 0.380. The largest absolute Gasteiger partial charge is 0.457 e. The molecule has 5 aromatic carbocycles. The molecule has 0 unspecified atom stereocenters. The fourth-order valence-electron chi connectivity index (χ4n) is 8.00. The number of methoxy groups -OCH3 is 1. The van der Waals surface area contributed by atoms with Gasteiger partial charge in [-0.3, -0.25) is 4.79 Å². The van der Waals surface area contributed by atoms with Gasteiger partial charge in [-0.15, -0.1) is 0 Å². The van der Waals surface area contributed by atoms with Crippen molar-refractivity contribution in [1.29, 1.82) is 0 Å². The van der Waals surface area contributed by atoms with Crippen molar-refractivity contribution in [2.24, 2.45) is 0 Å². The predicted octanol–water partition coefficient (Wildman–Crippen LogP) is 7.49. The third kappa shape index (κ3) is 11.4. The van der Waals surface area contributed by atoms with Crippen LogP contribution in [0.2, 0.25) is 0 Å². The van der Waals surface area contributed by atoms with Gasteiger partial charge in [-0.25, -0.2) is 0 Å². The normalized spacial score (nSPS) is 28.5. The van der Waals surface area contributed by atoms with Gasteiger partial charge >= 0.3 is 5.97 Å². The molecule has 0 saturated carbocycles. The standard InChI is InChI=1S/C50H54O12/c1-34(51)58-45-43-41(33-57-48(61-43)39-26-16-7-17-27-39)59-49(52-2)47(45)62-50-46(56-31-38-24-14-6-15-25-38)44(55-30-37-22-12-5-13-23-37)42(54-29-36-20-10-4-11-21-36)40(60-50)32-53-28-35-18-8-3-9-19-35/h3-27,40-50H,28-33H2,1-2H3/t40-,41-,42-,43-,44+,45+,46-,47-,48-,49+,50-/m1/s1. The number of hydrogen-bond donors (Lipinski definition) is 0. The zero-order valence-electron chi connectivity index (χ0n) is 34.9. The number of hydrogen-bond acceptors (Lipinski definition) is 12. The van der Waals surface area contributed by atoms with Crippen LogP contribution in [0.25, 0.3) is 0 Å². The van der Waals surface area contributed by atoms with Crippen molar-refractivity contribution in [1.82, 2.24) is 0 Å². The van der Waals surface area contributed by atoms with Gasteiger partial charge in [-0.1, -0.05) is 152 Å². The Morgan fingerprint density at radius 3 is 1.58 bits per heavy atom. The summed E-state index contributed by atoms with van der Waals surface area (Å²) in [4.78, 5) is 12.9. The molecule has 326 valence electrons. The van der Waals surface area contributed by atoms with E-state index >= 15 is 0 Å². The van der Waals surface area contributed by atoms with Crippen LogP contribution in [0.15, 0.2) is 152 Å². The average molecular weight is 847 g/mol. The van der Waals surface area contributed by atoms with Crippen molar-refractivity contribution in [3.05, 3.63) is 179 Å². The first kappa shape index (κ1) is 43.8. The van der Waals surface area contributed by atoms with Crippen molar-refractivity contribution in [2.75, 3.05) is 20.3 Å². The van der Waals surface area contributed by atoms with Crippen LogP contribution in [0.4, 0.5) is 0 Å². The quantitative estimate of drug-likeness (QED) is 0.0814. The number of ether oxygens (including phenoxy) is 11. The zero-order valence-corrected chi connectivity index (χ0v) is 34.9. The molecule has 62 heavy (non-hydrogen) atoms. The molecule has 12 nitrogen and oxygen atoms in total. The molecule has 3 fully saturated rings. The molecule has 0 spiro atoms. The molecule has 0 radical (unpaired) electrons. The van der Waals surface area contributed by atoms with Crippen LogP contribution in [0.3, 0.4) is 0 Å². The second-order valence-corrected chi connectivity index (χ2v) is 15.5. The summed E-state index contributed by atoms with van der Waals surface area (Å²) >= 11 is 0. The third-order valence-electron chi connectivity index (χ3n) is 11.0. The lowest BCUT2D eigenvalue weighted by molar-refractivity contribution is -0.396. The number of esters is 1. The maximum absolute atomic E-state index is 12.9. The van der Waals surface area contributed by atoms with Gasteiger partial charge in [0.25, 0.3) is 0 Å². The van der Waals surface area contributed by atoms with Crippen molar-refractivity contribution in [3.8, 4) is 0 Å². The first-order valence-corrected chi connectivity index (χ1v) is 21.1. The molecule has 11 atom stereocenters. The molecule has 0 aliphatic carbocycles. The van der Waals surface area contributed by atoms with Crippen LogP contribution < -0.4 is 0 Å². The first-order valence-electron chi connectivity index (χ1n) is 21.1. The van der Waals surface area contributed by atoms with Gasteiger partial charge in [0.2, 0.25) is 0 Å². The Kier molecular flexibility index (Phi) is 15.5. The zero-order chi connectivity index (χ0) is 42.5. The molecule has 3 aliphatic heterocycles. The molecule has 8 rings (SSSR count). The summed E-state index contributed by atoms with van der Waals surface area (Å²) in [6.45, 7) is 2.69. The van der Waals surface area contributed by atoms with E-state index in [0.717, 1.165) is 27.8 Å². The van der Waals surface area contributed by atoms with Crippen LogP contribution >= 0.6 is 0 Å². The Balaban J connectivity index is 1.15. The fourth-order valence-corrected chi connectivity index (χ4v) is 8.00. The van der Waals surface area contributed by atoms with E-state index in [4.69, 9.17) is 52.1 Å². The lowest BCUT2D eigenvalue weighted by atomic mass is 9.95. The van der Waals surface area contributed by atoms with Gasteiger partial charge in [0.1, 0.15) is 36.6 Å². The van der Waals surface area contributed by atoms with E-state index in [0.29, 0.717) is 6.61 Å². The van der Waals surface area contributed by atoms with E-state index in [-0.39, 0.29) is 33.0 Å². The van der Waals surface area contributed by atoms with Gasteiger partial charge in [0, 0.05) is 19.6 Å². The highest BCUT2D eigenvalue weighted by Crippen LogP contribution is 2.39. The van der Waals surface area contributed by atoms with Crippen LogP contribution in [0.5, 0.6) is 0 Å². The molecule has 12 heteroatoms. The number of rotatable bonds is 18. The van der Waals surface area contributed by atoms with E-state index in [9.17, 15) is 4.79 Å². The number of carbonyl (C=O) groups excluding carboxylic acids is 1. The predicted molar refractivity (Wildman–Crippen MR) is 226 cm³/mol. The SMILES string of the molecule is CO[C@H]1O[C@@H]2CO[C@@H](c3ccccc3)O[C@H]2[C@H](OC(C)=O)[C@H]1O[C@H]1O[C@H](COCc2ccccc2)[C@@H](OCc2ccccc2)[C@H](OCc2ccccc2)[C@H]1OCc1ccccc1. The topological polar surface area (TPSA) is 119 Å². The van der Waals surface area contributed by atoms with Crippen molar-refractivity contribution >= 4 is 5.97 Å². The molecule has 3 aliphatic rings. The van der Waals surface area contributed by atoms with Gasteiger partial charge < -0.3 is 52.1 Å². The summed E-state index contributed by atoms with van der Waals surface area (Å²) in [6.07, 6.45) is -9.50. The summed E-state index contributed by atoms with van der Waals surface area (Å²) in [5.41, 5.74) is 4.68.